The summed E-state index contributed by atoms with van der Waals surface area (Å²) in [6.07, 6.45) is 1.09. The molecule has 148 valence electrons. The first-order chi connectivity index (χ1) is 14.7. The lowest BCUT2D eigenvalue weighted by molar-refractivity contribution is -0.140. The first-order valence-corrected chi connectivity index (χ1v) is 10.2. The molecule has 1 aliphatic carbocycles. The molecule has 0 saturated heterocycles. The highest BCUT2D eigenvalue weighted by atomic mass is 16.5. The minimum Gasteiger partial charge on any atom is -0.469 e. The van der Waals surface area contributed by atoms with E-state index in [1.807, 2.05) is 18.2 Å². The van der Waals surface area contributed by atoms with E-state index in [2.05, 4.69) is 40.2 Å². The third-order valence-electron chi connectivity index (χ3n) is 6.49. The molecule has 1 aromatic heterocycles. The summed E-state index contributed by atoms with van der Waals surface area (Å²) in [7, 11) is 1.42. The number of carbonyl (C=O) groups is 2. The van der Waals surface area contributed by atoms with Crippen molar-refractivity contribution in [2.45, 2.75) is 25.9 Å². The molecule has 0 saturated carbocycles. The Bertz CT molecular complexity index is 1400. The van der Waals surface area contributed by atoms with E-state index in [1.54, 1.807) is 0 Å². The summed E-state index contributed by atoms with van der Waals surface area (Å²) in [6.45, 7) is 1.07. The normalized spacial score (nSPS) is 14.0. The summed E-state index contributed by atoms with van der Waals surface area (Å²) in [5.41, 5.74) is 8.74. The van der Waals surface area contributed by atoms with Gasteiger partial charge < -0.3 is 14.6 Å². The molecule has 0 fully saturated rings. The highest BCUT2D eigenvalue weighted by molar-refractivity contribution is 6.20. The predicted molar refractivity (Wildman–Crippen MR) is 115 cm³/mol. The molecule has 0 unspecified atom stereocenters. The quantitative estimate of drug-likeness (QED) is 0.466. The molecule has 1 amide bonds. The SMILES string of the molecule is COC(=O)CCn1c2ccccc2c2c3c(c4c(c21)Cc1ccccc1-4)C(=O)NC3. The van der Waals surface area contributed by atoms with Crippen LogP contribution in [0.15, 0.2) is 48.5 Å². The minimum absolute atomic E-state index is 0.00578. The maximum absolute atomic E-state index is 12.9. The Hall–Kier alpha value is -3.60. The molecule has 0 bridgehead atoms. The van der Waals surface area contributed by atoms with Gasteiger partial charge in [0.05, 0.1) is 24.6 Å². The van der Waals surface area contributed by atoms with Crippen LogP contribution in [0.2, 0.25) is 0 Å². The van der Waals surface area contributed by atoms with E-state index in [9.17, 15) is 9.59 Å². The Morgan fingerprint density at radius 1 is 1.07 bits per heavy atom. The van der Waals surface area contributed by atoms with Gasteiger partial charge >= 0.3 is 5.97 Å². The van der Waals surface area contributed by atoms with Crippen LogP contribution < -0.4 is 5.32 Å². The highest BCUT2D eigenvalue weighted by Crippen LogP contribution is 2.48. The van der Waals surface area contributed by atoms with Crippen LogP contribution >= 0.6 is 0 Å². The summed E-state index contributed by atoms with van der Waals surface area (Å²) in [6, 6.07) is 16.6. The lowest BCUT2D eigenvalue weighted by Gasteiger charge is -2.13. The third kappa shape index (κ3) is 2.17. The van der Waals surface area contributed by atoms with Crippen molar-refractivity contribution < 1.29 is 14.3 Å². The number of rotatable bonds is 3. The number of nitrogens with zero attached hydrogens (tertiary/aromatic N) is 1. The summed E-state index contributed by atoms with van der Waals surface area (Å²) >= 11 is 0. The van der Waals surface area contributed by atoms with Gasteiger partial charge in [0.15, 0.2) is 0 Å². The Morgan fingerprint density at radius 2 is 1.87 bits per heavy atom. The molecule has 3 aromatic carbocycles. The summed E-state index contributed by atoms with van der Waals surface area (Å²) in [5.74, 6) is -0.217. The lowest BCUT2D eigenvalue weighted by Crippen LogP contribution is -2.13. The number of hydrogen-bond acceptors (Lipinski definition) is 3. The van der Waals surface area contributed by atoms with Gasteiger partial charge in [-0.25, -0.2) is 0 Å². The summed E-state index contributed by atoms with van der Waals surface area (Å²) in [4.78, 5) is 24.8. The molecular formula is C25H20N2O3. The molecule has 0 radical (unpaired) electrons. The lowest BCUT2D eigenvalue weighted by atomic mass is 9.92. The maximum Gasteiger partial charge on any atom is 0.307 e. The van der Waals surface area contributed by atoms with Crippen molar-refractivity contribution in [3.8, 4) is 11.1 Å². The average Bonchev–Trinajstić information content (AvgIpc) is 3.43. The van der Waals surface area contributed by atoms with Crippen LogP contribution in [-0.2, 0) is 29.0 Å². The molecule has 2 heterocycles. The number of esters is 1. The van der Waals surface area contributed by atoms with Crippen molar-refractivity contribution in [2.75, 3.05) is 7.11 Å². The van der Waals surface area contributed by atoms with E-state index in [4.69, 9.17) is 4.74 Å². The fraction of sp³-hybridized carbons (Fsp3) is 0.200. The Morgan fingerprint density at radius 3 is 2.73 bits per heavy atom. The number of ether oxygens (including phenoxy) is 1. The number of carbonyl (C=O) groups excluding carboxylic acids is 2. The van der Waals surface area contributed by atoms with E-state index < -0.39 is 0 Å². The minimum atomic E-state index is -0.223. The van der Waals surface area contributed by atoms with Crippen LogP contribution in [0, 0.1) is 0 Å². The molecular weight excluding hydrogens is 376 g/mol. The maximum atomic E-state index is 12.9. The second-order valence-corrected chi connectivity index (χ2v) is 7.94. The van der Waals surface area contributed by atoms with Gasteiger partial charge in [-0.2, -0.15) is 0 Å². The van der Waals surface area contributed by atoms with Gasteiger partial charge in [-0.1, -0.05) is 42.5 Å². The van der Waals surface area contributed by atoms with E-state index >= 15 is 0 Å². The predicted octanol–water partition coefficient (Wildman–Crippen LogP) is 4.17. The van der Waals surface area contributed by atoms with Crippen molar-refractivity contribution in [3.63, 3.8) is 0 Å². The second kappa shape index (κ2) is 6.20. The third-order valence-corrected chi connectivity index (χ3v) is 6.49. The number of para-hydroxylation sites is 1. The van der Waals surface area contributed by atoms with Crippen LogP contribution in [-0.4, -0.2) is 23.6 Å². The van der Waals surface area contributed by atoms with Crippen LogP contribution in [0.4, 0.5) is 0 Å². The molecule has 4 aromatic rings. The van der Waals surface area contributed by atoms with E-state index in [0.29, 0.717) is 19.5 Å². The number of aromatic nitrogens is 1. The molecule has 5 nitrogen and oxygen atoms in total. The van der Waals surface area contributed by atoms with Crippen LogP contribution in [0.3, 0.4) is 0 Å². The fourth-order valence-electron chi connectivity index (χ4n) is 5.27. The van der Waals surface area contributed by atoms with Gasteiger partial charge in [0.1, 0.15) is 0 Å². The van der Waals surface area contributed by atoms with Crippen molar-refractivity contribution in [1.29, 1.82) is 0 Å². The largest absolute Gasteiger partial charge is 0.469 e. The topological polar surface area (TPSA) is 60.3 Å². The summed E-state index contributed by atoms with van der Waals surface area (Å²) in [5, 5.41) is 5.31. The van der Waals surface area contributed by atoms with Gasteiger partial charge in [0.25, 0.3) is 5.91 Å². The number of fused-ring (bicyclic) bond motifs is 10. The van der Waals surface area contributed by atoms with Crippen molar-refractivity contribution in [2.24, 2.45) is 0 Å². The fourth-order valence-corrected chi connectivity index (χ4v) is 5.27. The van der Waals surface area contributed by atoms with Crippen molar-refractivity contribution in [1.82, 2.24) is 9.88 Å². The monoisotopic (exact) mass is 396 g/mol. The Balaban J connectivity index is 1.75. The number of nitrogens with one attached hydrogen (secondary N) is 1. The molecule has 1 N–H and O–H groups in total. The van der Waals surface area contributed by atoms with Gasteiger partial charge in [0.2, 0.25) is 0 Å². The smallest absolute Gasteiger partial charge is 0.307 e. The van der Waals surface area contributed by atoms with Crippen molar-refractivity contribution in [3.05, 3.63) is 70.8 Å². The standard InChI is InChI=1S/C25H20N2O3/c1-30-20(28)10-11-27-19-9-5-4-8-16(19)22-18-13-26-25(29)23(18)21-15-7-3-2-6-14(15)12-17(21)24(22)27/h2-9H,10-13H2,1H3,(H,26,29). The first kappa shape index (κ1) is 17.3. The average molecular weight is 396 g/mol. The van der Waals surface area contributed by atoms with E-state index in [-0.39, 0.29) is 11.9 Å². The molecule has 5 heteroatoms. The van der Waals surface area contributed by atoms with Gasteiger partial charge in [-0.15, -0.1) is 0 Å². The van der Waals surface area contributed by atoms with Crippen molar-refractivity contribution >= 4 is 33.7 Å². The second-order valence-electron chi connectivity index (χ2n) is 7.94. The number of benzene rings is 3. The number of methoxy groups -OCH3 is 1. The first-order valence-electron chi connectivity index (χ1n) is 10.2. The Labute approximate surface area is 173 Å². The Kier molecular flexibility index (Phi) is 3.57. The van der Waals surface area contributed by atoms with E-state index in [0.717, 1.165) is 50.5 Å². The number of aryl methyl sites for hydroxylation is 1. The van der Waals surface area contributed by atoms with E-state index in [1.165, 1.54) is 18.2 Å². The van der Waals surface area contributed by atoms with Gasteiger partial charge in [-0.05, 0) is 28.3 Å². The summed E-state index contributed by atoms with van der Waals surface area (Å²) < 4.78 is 7.14. The molecule has 1 aliphatic heterocycles. The molecule has 30 heavy (non-hydrogen) atoms. The number of amides is 1. The highest BCUT2D eigenvalue weighted by Gasteiger charge is 2.35. The van der Waals surface area contributed by atoms with Crippen LogP contribution in [0.25, 0.3) is 32.9 Å². The van der Waals surface area contributed by atoms with Crippen LogP contribution in [0.1, 0.15) is 33.5 Å². The zero-order valence-electron chi connectivity index (χ0n) is 16.6. The van der Waals surface area contributed by atoms with Gasteiger partial charge in [0, 0.05) is 41.4 Å². The molecule has 2 aliphatic rings. The molecule has 0 spiro atoms. The van der Waals surface area contributed by atoms with Crippen LogP contribution in [0.5, 0.6) is 0 Å². The zero-order chi connectivity index (χ0) is 20.4. The zero-order valence-corrected chi connectivity index (χ0v) is 16.6. The number of hydrogen-bond donors (Lipinski definition) is 1. The molecule has 0 atom stereocenters. The van der Waals surface area contributed by atoms with Gasteiger partial charge in [-0.3, -0.25) is 9.59 Å². The molecule has 6 rings (SSSR count).